The van der Waals surface area contributed by atoms with E-state index in [0.29, 0.717) is 17.9 Å². The average molecular weight is 307 g/mol. The van der Waals surface area contributed by atoms with E-state index in [9.17, 15) is 9.59 Å². The summed E-state index contributed by atoms with van der Waals surface area (Å²) in [6.45, 7) is 6.35. The lowest BCUT2D eigenvalue weighted by molar-refractivity contribution is -0.137. The van der Waals surface area contributed by atoms with Gasteiger partial charge in [-0.05, 0) is 57.0 Å². The zero-order valence-corrected chi connectivity index (χ0v) is 13.7. The van der Waals surface area contributed by atoms with Crippen LogP contribution in [0.4, 0.5) is 0 Å². The summed E-state index contributed by atoms with van der Waals surface area (Å²) < 4.78 is 0. The van der Waals surface area contributed by atoms with Crippen molar-refractivity contribution in [1.29, 1.82) is 0 Å². The molecule has 1 saturated carbocycles. The molecule has 3 rings (SSSR count). The maximum Gasteiger partial charge on any atom is 0.226 e. The summed E-state index contributed by atoms with van der Waals surface area (Å²) in [6.07, 6.45) is 6.17. The normalized spacial score (nSPS) is 30.1. The fourth-order valence-electron chi connectivity index (χ4n) is 4.18. The molecular formula is C17H29N3O2. The summed E-state index contributed by atoms with van der Waals surface area (Å²) >= 11 is 0. The van der Waals surface area contributed by atoms with Crippen LogP contribution in [0.15, 0.2) is 0 Å². The number of likely N-dealkylation sites (tertiary alicyclic amines) is 1. The van der Waals surface area contributed by atoms with Gasteiger partial charge in [-0.15, -0.1) is 0 Å². The fraction of sp³-hybridized carbons (Fsp3) is 0.882. The molecule has 1 aliphatic carbocycles. The summed E-state index contributed by atoms with van der Waals surface area (Å²) in [7, 11) is 0. The molecule has 5 nitrogen and oxygen atoms in total. The molecule has 2 atom stereocenters. The first kappa shape index (κ1) is 15.8. The first-order valence-corrected chi connectivity index (χ1v) is 8.93. The van der Waals surface area contributed by atoms with E-state index in [2.05, 4.69) is 17.6 Å². The minimum atomic E-state index is -0.00743. The van der Waals surface area contributed by atoms with Gasteiger partial charge in [0.1, 0.15) is 0 Å². The van der Waals surface area contributed by atoms with Crippen molar-refractivity contribution in [1.82, 2.24) is 15.5 Å². The number of nitrogens with one attached hydrogen (secondary N) is 2. The van der Waals surface area contributed by atoms with E-state index < -0.39 is 0 Å². The summed E-state index contributed by atoms with van der Waals surface area (Å²) in [5, 5.41) is 6.36. The van der Waals surface area contributed by atoms with E-state index in [1.54, 1.807) is 0 Å². The lowest BCUT2D eigenvalue weighted by atomic mass is 9.91. The predicted octanol–water partition coefficient (Wildman–Crippen LogP) is 1.14. The van der Waals surface area contributed by atoms with E-state index >= 15 is 0 Å². The van der Waals surface area contributed by atoms with Crippen molar-refractivity contribution in [2.75, 3.05) is 32.7 Å². The van der Waals surface area contributed by atoms with Crippen LogP contribution in [0.5, 0.6) is 0 Å². The predicted molar refractivity (Wildman–Crippen MR) is 85.2 cm³/mol. The minimum absolute atomic E-state index is 0.00743. The van der Waals surface area contributed by atoms with Crippen LogP contribution in [0.1, 0.15) is 45.4 Å². The number of amides is 2. The molecule has 3 fully saturated rings. The highest BCUT2D eigenvalue weighted by Gasteiger charge is 2.58. The minimum Gasteiger partial charge on any atom is -0.356 e. The summed E-state index contributed by atoms with van der Waals surface area (Å²) in [5.41, 5.74) is 0.291. The van der Waals surface area contributed by atoms with Crippen molar-refractivity contribution in [2.45, 2.75) is 45.4 Å². The van der Waals surface area contributed by atoms with Crippen LogP contribution in [0, 0.1) is 17.3 Å². The Hall–Kier alpha value is -1.10. The van der Waals surface area contributed by atoms with Crippen LogP contribution in [0.3, 0.4) is 0 Å². The maximum absolute atomic E-state index is 12.8. The van der Waals surface area contributed by atoms with Crippen molar-refractivity contribution >= 4 is 11.8 Å². The second-order valence-corrected chi connectivity index (χ2v) is 7.28. The van der Waals surface area contributed by atoms with Crippen molar-refractivity contribution in [3.8, 4) is 0 Å². The highest BCUT2D eigenvalue weighted by Crippen LogP contribution is 2.59. The average Bonchev–Trinajstić information content (AvgIpc) is 3.25. The number of nitrogens with zero attached hydrogens (tertiary/aromatic N) is 1. The molecule has 1 spiro atoms. The number of piperidine rings is 2. The van der Waals surface area contributed by atoms with E-state index in [4.69, 9.17) is 0 Å². The van der Waals surface area contributed by atoms with Crippen LogP contribution >= 0.6 is 0 Å². The van der Waals surface area contributed by atoms with Gasteiger partial charge < -0.3 is 15.5 Å². The number of rotatable bonds is 4. The van der Waals surface area contributed by atoms with Crippen LogP contribution in [-0.4, -0.2) is 49.4 Å². The quantitative estimate of drug-likeness (QED) is 0.819. The largest absolute Gasteiger partial charge is 0.356 e. The van der Waals surface area contributed by atoms with Crippen molar-refractivity contribution in [3.05, 3.63) is 0 Å². The van der Waals surface area contributed by atoms with E-state index in [1.165, 1.54) is 0 Å². The molecule has 5 heteroatoms. The Morgan fingerprint density at radius 3 is 2.82 bits per heavy atom. The summed E-state index contributed by atoms with van der Waals surface area (Å²) in [4.78, 5) is 26.9. The monoisotopic (exact) mass is 307 g/mol. The zero-order chi connectivity index (χ0) is 15.6. The molecule has 3 aliphatic rings. The molecule has 0 aromatic carbocycles. The number of hydrogen-bond acceptors (Lipinski definition) is 3. The Balaban J connectivity index is 1.54. The zero-order valence-electron chi connectivity index (χ0n) is 13.7. The standard InChI is InChI=1S/C17H29N3O2/c1-2-7-19-15(21)13-4-3-10-20(12-13)16(22)14-11-17(14)5-8-18-9-6-17/h13-14,18H,2-12H2,1H3,(H,19,21). The van der Waals surface area contributed by atoms with Gasteiger partial charge in [-0.1, -0.05) is 6.92 Å². The van der Waals surface area contributed by atoms with Crippen molar-refractivity contribution in [3.63, 3.8) is 0 Å². The first-order valence-electron chi connectivity index (χ1n) is 8.93. The Labute approximate surface area is 133 Å². The van der Waals surface area contributed by atoms with Gasteiger partial charge in [0.05, 0.1) is 5.92 Å². The molecule has 2 amide bonds. The smallest absolute Gasteiger partial charge is 0.226 e. The van der Waals surface area contributed by atoms with Gasteiger partial charge in [-0.25, -0.2) is 0 Å². The van der Waals surface area contributed by atoms with Crippen molar-refractivity contribution < 1.29 is 9.59 Å². The third-order valence-corrected chi connectivity index (χ3v) is 5.74. The molecule has 0 radical (unpaired) electrons. The molecule has 0 aromatic heterocycles. The molecule has 2 N–H and O–H groups in total. The van der Waals surface area contributed by atoms with E-state index in [1.807, 2.05) is 4.90 Å². The highest BCUT2D eigenvalue weighted by molar-refractivity contribution is 5.84. The molecule has 0 bridgehead atoms. The molecule has 22 heavy (non-hydrogen) atoms. The molecule has 2 aliphatic heterocycles. The summed E-state index contributed by atoms with van der Waals surface area (Å²) in [6, 6.07) is 0. The topological polar surface area (TPSA) is 61.4 Å². The van der Waals surface area contributed by atoms with Gasteiger partial charge in [-0.2, -0.15) is 0 Å². The van der Waals surface area contributed by atoms with Gasteiger partial charge in [0, 0.05) is 25.6 Å². The molecule has 0 aromatic rings. The van der Waals surface area contributed by atoms with Crippen LogP contribution in [-0.2, 0) is 9.59 Å². The number of hydrogen-bond donors (Lipinski definition) is 2. The lowest BCUT2D eigenvalue weighted by Crippen LogP contribution is -2.46. The second kappa shape index (κ2) is 6.57. The molecule has 2 heterocycles. The maximum atomic E-state index is 12.8. The highest BCUT2D eigenvalue weighted by atomic mass is 16.2. The SMILES string of the molecule is CCCNC(=O)C1CCCN(C(=O)C2CC23CCNCC3)C1. The third kappa shape index (κ3) is 3.14. The molecule has 124 valence electrons. The lowest BCUT2D eigenvalue weighted by Gasteiger charge is -2.33. The van der Waals surface area contributed by atoms with Gasteiger partial charge >= 0.3 is 0 Å². The van der Waals surface area contributed by atoms with Crippen LogP contribution < -0.4 is 10.6 Å². The Morgan fingerprint density at radius 1 is 1.32 bits per heavy atom. The van der Waals surface area contributed by atoms with Gasteiger partial charge in [0.25, 0.3) is 0 Å². The molecular weight excluding hydrogens is 278 g/mol. The Bertz CT molecular complexity index is 432. The van der Waals surface area contributed by atoms with Crippen LogP contribution in [0.25, 0.3) is 0 Å². The Kier molecular flexibility index (Phi) is 4.71. The number of carbonyl (C=O) groups excluding carboxylic acids is 2. The van der Waals surface area contributed by atoms with E-state index in [-0.39, 0.29) is 17.7 Å². The van der Waals surface area contributed by atoms with Gasteiger partial charge in [-0.3, -0.25) is 9.59 Å². The molecule has 2 saturated heterocycles. The van der Waals surface area contributed by atoms with E-state index in [0.717, 1.165) is 64.7 Å². The third-order valence-electron chi connectivity index (χ3n) is 5.74. The second-order valence-electron chi connectivity index (χ2n) is 7.28. The first-order chi connectivity index (χ1) is 10.7. The molecule has 2 unspecified atom stereocenters. The van der Waals surface area contributed by atoms with Gasteiger partial charge in [0.2, 0.25) is 11.8 Å². The Morgan fingerprint density at radius 2 is 2.09 bits per heavy atom. The van der Waals surface area contributed by atoms with Gasteiger partial charge in [0.15, 0.2) is 0 Å². The van der Waals surface area contributed by atoms with Crippen LogP contribution in [0.2, 0.25) is 0 Å². The van der Waals surface area contributed by atoms with Crippen molar-refractivity contribution in [2.24, 2.45) is 17.3 Å². The fourth-order valence-corrected chi connectivity index (χ4v) is 4.18. The number of carbonyl (C=O) groups is 2. The summed E-state index contributed by atoms with van der Waals surface area (Å²) in [5.74, 6) is 0.667.